The lowest BCUT2D eigenvalue weighted by atomic mass is 10.4. The Morgan fingerprint density at radius 2 is 2.00 bits per heavy atom. The molecule has 1 N–H and O–H groups in total. The lowest BCUT2D eigenvalue weighted by Gasteiger charge is -2.26. The summed E-state index contributed by atoms with van der Waals surface area (Å²) in [5.74, 6) is -0.752. The Morgan fingerprint density at radius 1 is 1.25 bits per heavy atom. The van der Waals surface area contributed by atoms with Crippen molar-refractivity contribution in [3.05, 3.63) is 23.7 Å². The second kappa shape index (κ2) is 8.61. The van der Waals surface area contributed by atoms with Gasteiger partial charge in [0.05, 0.1) is 25.5 Å². The van der Waals surface area contributed by atoms with E-state index in [-0.39, 0.29) is 5.75 Å². The number of morpholine rings is 1. The number of hydrogen-bond acceptors (Lipinski definition) is 5. The number of rotatable bonds is 8. The van der Waals surface area contributed by atoms with Crippen LogP contribution in [0.15, 0.2) is 16.5 Å². The van der Waals surface area contributed by atoms with Crippen molar-refractivity contribution in [1.29, 1.82) is 0 Å². The van der Waals surface area contributed by atoms with Gasteiger partial charge in [0.15, 0.2) is 0 Å². The first-order valence-corrected chi connectivity index (χ1v) is 7.77. The Labute approximate surface area is 121 Å². The zero-order valence-corrected chi connectivity index (χ0v) is 12.1. The number of halogens is 2. The van der Waals surface area contributed by atoms with Crippen LogP contribution < -0.4 is 5.32 Å². The summed E-state index contributed by atoms with van der Waals surface area (Å²) in [7, 11) is 0. The molecule has 0 aliphatic carbocycles. The van der Waals surface area contributed by atoms with Crippen LogP contribution >= 0.6 is 11.8 Å². The number of thioether (sulfide) groups is 1. The van der Waals surface area contributed by atoms with E-state index < -0.39 is 5.76 Å². The molecular formula is C13H20F2N2O2S. The minimum atomic E-state index is -2.35. The van der Waals surface area contributed by atoms with Crippen molar-refractivity contribution in [3.63, 3.8) is 0 Å². The molecule has 1 aromatic heterocycles. The predicted octanol–water partition coefficient (Wildman–Crippen LogP) is 2.16. The minimum absolute atomic E-state index is 0.214. The fourth-order valence-corrected chi connectivity index (χ4v) is 2.46. The van der Waals surface area contributed by atoms with E-state index in [0.717, 1.165) is 45.2 Å². The van der Waals surface area contributed by atoms with E-state index in [1.54, 1.807) is 6.07 Å². The van der Waals surface area contributed by atoms with Gasteiger partial charge in [-0.2, -0.15) is 8.78 Å². The first-order chi connectivity index (χ1) is 9.74. The number of nitrogens with one attached hydrogen (secondary N) is 1. The normalized spacial score (nSPS) is 16.9. The predicted molar refractivity (Wildman–Crippen MR) is 75.0 cm³/mol. The molecule has 0 atom stereocenters. The molecule has 7 heteroatoms. The van der Waals surface area contributed by atoms with Crippen molar-refractivity contribution in [2.75, 3.05) is 39.4 Å². The molecule has 1 fully saturated rings. The summed E-state index contributed by atoms with van der Waals surface area (Å²) in [4.78, 5) is 2.35. The zero-order chi connectivity index (χ0) is 14.2. The van der Waals surface area contributed by atoms with Crippen molar-refractivity contribution >= 4 is 11.8 Å². The summed E-state index contributed by atoms with van der Waals surface area (Å²) in [6, 6.07) is 3.59. The average molecular weight is 306 g/mol. The third-order valence-corrected chi connectivity index (χ3v) is 3.78. The van der Waals surface area contributed by atoms with E-state index >= 15 is 0 Å². The summed E-state index contributed by atoms with van der Waals surface area (Å²) in [5.41, 5.74) is 0. The van der Waals surface area contributed by atoms with Crippen molar-refractivity contribution in [2.45, 2.75) is 18.1 Å². The van der Waals surface area contributed by atoms with Crippen LogP contribution in [-0.4, -0.2) is 50.1 Å². The Bertz CT molecular complexity index is 384. The highest BCUT2D eigenvalue weighted by Crippen LogP contribution is 2.21. The summed E-state index contributed by atoms with van der Waals surface area (Å²) in [5, 5.41) is 3.30. The highest BCUT2D eigenvalue weighted by atomic mass is 32.2. The molecular weight excluding hydrogens is 286 g/mol. The van der Waals surface area contributed by atoms with Gasteiger partial charge in [-0.1, -0.05) is 11.8 Å². The van der Waals surface area contributed by atoms with Gasteiger partial charge in [-0.3, -0.25) is 4.90 Å². The molecule has 1 aliphatic heterocycles. The monoisotopic (exact) mass is 306 g/mol. The average Bonchev–Trinajstić information content (AvgIpc) is 2.90. The third-order valence-electron chi connectivity index (χ3n) is 3.08. The quantitative estimate of drug-likeness (QED) is 0.745. The van der Waals surface area contributed by atoms with Gasteiger partial charge in [-0.05, 0) is 12.1 Å². The Hall–Kier alpha value is -0.630. The van der Waals surface area contributed by atoms with Crippen LogP contribution in [0.5, 0.6) is 0 Å². The van der Waals surface area contributed by atoms with Gasteiger partial charge in [-0.15, -0.1) is 0 Å². The summed E-state index contributed by atoms with van der Waals surface area (Å²) < 4.78 is 34.9. The Kier molecular flexibility index (Phi) is 6.78. The maximum atomic E-state index is 12.0. The van der Waals surface area contributed by atoms with Gasteiger partial charge < -0.3 is 14.5 Å². The molecule has 114 valence electrons. The van der Waals surface area contributed by atoms with E-state index in [2.05, 4.69) is 10.2 Å². The van der Waals surface area contributed by atoms with Crippen LogP contribution in [0.2, 0.25) is 0 Å². The molecule has 0 spiro atoms. The van der Waals surface area contributed by atoms with Gasteiger partial charge in [0.1, 0.15) is 11.5 Å². The van der Waals surface area contributed by atoms with Crippen molar-refractivity contribution in [3.8, 4) is 0 Å². The van der Waals surface area contributed by atoms with Gasteiger partial charge in [0.2, 0.25) is 0 Å². The summed E-state index contributed by atoms with van der Waals surface area (Å²) in [6.45, 7) is 6.07. The molecule has 2 rings (SSSR count). The van der Waals surface area contributed by atoms with Gasteiger partial charge in [0.25, 0.3) is 5.76 Å². The summed E-state index contributed by atoms with van der Waals surface area (Å²) in [6.07, 6.45) is 0. The van der Waals surface area contributed by atoms with Crippen LogP contribution in [0.25, 0.3) is 0 Å². The molecule has 0 unspecified atom stereocenters. The number of hydrogen-bond donors (Lipinski definition) is 1. The maximum absolute atomic E-state index is 12.0. The molecule has 0 radical (unpaired) electrons. The molecule has 4 nitrogen and oxygen atoms in total. The Balaban J connectivity index is 1.59. The lowest BCUT2D eigenvalue weighted by molar-refractivity contribution is 0.0383. The van der Waals surface area contributed by atoms with Crippen LogP contribution in [0, 0.1) is 0 Å². The highest BCUT2D eigenvalue weighted by molar-refractivity contribution is 7.98. The molecule has 1 aliphatic rings. The molecule has 0 aromatic carbocycles. The summed E-state index contributed by atoms with van der Waals surface area (Å²) >= 11 is 0.579. The molecule has 0 bridgehead atoms. The van der Waals surface area contributed by atoms with Gasteiger partial charge in [0, 0.05) is 26.2 Å². The van der Waals surface area contributed by atoms with Gasteiger partial charge in [-0.25, -0.2) is 0 Å². The van der Waals surface area contributed by atoms with E-state index in [9.17, 15) is 8.78 Å². The molecule has 1 saturated heterocycles. The fraction of sp³-hybridized carbons (Fsp3) is 0.692. The zero-order valence-electron chi connectivity index (χ0n) is 11.3. The lowest BCUT2D eigenvalue weighted by Crippen LogP contribution is -2.40. The minimum Gasteiger partial charge on any atom is -0.464 e. The van der Waals surface area contributed by atoms with E-state index in [1.807, 2.05) is 6.07 Å². The first kappa shape index (κ1) is 15.8. The van der Waals surface area contributed by atoms with E-state index in [4.69, 9.17) is 9.15 Å². The van der Waals surface area contributed by atoms with Crippen molar-refractivity contribution < 1.29 is 17.9 Å². The topological polar surface area (TPSA) is 37.6 Å². The Morgan fingerprint density at radius 3 is 2.75 bits per heavy atom. The second-order valence-corrected chi connectivity index (χ2v) is 5.55. The maximum Gasteiger partial charge on any atom is 0.284 e. The number of alkyl halides is 2. The molecule has 20 heavy (non-hydrogen) atoms. The molecule has 0 saturated carbocycles. The fourth-order valence-electron chi connectivity index (χ4n) is 2.01. The second-order valence-electron chi connectivity index (χ2n) is 4.57. The van der Waals surface area contributed by atoms with Crippen LogP contribution in [0.1, 0.15) is 11.5 Å². The van der Waals surface area contributed by atoms with Crippen molar-refractivity contribution in [2.24, 2.45) is 0 Å². The first-order valence-electron chi connectivity index (χ1n) is 6.72. The number of nitrogens with zero attached hydrogens (tertiary/aromatic N) is 1. The molecule has 2 heterocycles. The third kappa shape index (κ3) is 5.78. The number of ether oxygens (including phenoxy) is 1. The molecule has 1 aromatic rings. The van der Waals surface area contributed by atoms with Gasteiger partial charge >= 0.3 is 0 Å². The standard InChI is InChI=1S/C13H20F2N2O2S/c14-13(15)20-10-12-2-1-11(19-12)9-16-3-4-17-5-7-18-8-6-17/h1-2,13,16H,3-10H2. The van der Waals surface area contributed by atoms with Crippen LogP contribution in [0.4, 0.5) is 8.78 Å². The van der Waals surface area contributed by atoms with Crippen molar-refractivity contribution in [1.82, 2.24) is 10.2 Å². The largest absolute Gasteiger partial charge is 0.464 e. The SMILES string of the molecule is FC(F)SCc1ccc(CNCCN2CCOCC2)o1. The smallest absolute Gasteiger partial charge is 0.284 e. The van der Waals surface area contributed by atoms with Crippen LogP contribution in [-0.2, 0) is 17.0 Å². The van der Waals surface area contributed by atoms with Crippen LogP contribution in [0.3, 0.4) is 0 Å². The molecule has 0 amide bonds. The van der Waals surface area contributed by atoms with E-state index in [0.29, 0.717) is 24.1 Å². The number of furan rings is 1. The van der Waals surface area contributed by atoms with E-state index in [1.165, 1.54) is 0 Å². The highest BCUT2D eigenvalue weighted by Gasteiger charge is 2.10.